The van der Waals surface area contributed by atoms with Crippen molar-refractivity contribution in [3.63, 3.8) is 0 Å². The minimum Gasteiger partial charge on any atom is -0.464 e. The Morgan fingerprint density at radius 1 is 1.13 bits per heavy atom. The molecule has 23 heavy (non-hydrogen) atoms. The van der Waals surface area contributed by atoms with Crippen LogP contribution in [0, 0.1) is 10.1 Å². The van der Waals surface area contributed by atoms with Gasteiger partial charge in [-0.2, -0.15) is 0 Å². The second-order valence-corrected chi connectivity index (χ2v) is 5.18. The molecule has 0 amide bonds. The number of esters is 2. The summed E-state index contributed by atoms with van der Waals surface area (Å²) in [5, 5.41) is 14.7. The van der Waals surface area contributed by atoms with Gasteiger partial charge in [0.25, 0.3) is 0 Å². The van der Waals surface area contributed by atoms with Crippen molar-refractivity contribution in [2.75, 3.05) is 14.2 Å². The molecule has 1 aromatic rings. The van der Waals surface area contributed by atoms with Gasteiger partial charge in [0.05, 0.1) is 19.1 Å². The van der Waals surface area contributed by atoms with Crippen LogP contribution < -0.4 is 0 Å². The predicted octanol–water partition coefficient (Wildman–Crippen LogP) is 1.15. The highest BCUT2D eigenvalue weighted by atomic mass is 16.6. The van der Waals surface area contributed by atoms with Crippen molar-refractivity contribution >= 4 is 23.7 Å². The van der Waals surface area contributed by atoms with E-state index in [0.717, 1.165) is 14.2 Å². The largest absolute Gasteiger partial charge is 0.464 e. The molecule has 0 N–H and O–H groups in total. The Kier molecular flexibility index (Phi) is 5.04. The van der Waals surface area contributed by atoms with Gasteiger partial charge in [-0.3, -0.25) is 10.1 Å². The monoisotopic (exact) mass is 329 g/mol. The first-order chi connectivity index (χ1) is 10.5. The van der Waals surface area contributed by atoms with Gasteiger partial charge < -0.3 is 14.2 Å². The lowest BCUT2D eigenvalue weighted by Gasteiger charge is -2.19. The first-order valence-electron chi connectivity index (χ1n) is 6.20. The van der Waals surface area contributed by atoms with Crippen molar-refractivity contribution in [3.8, 4) is 0 Å². The highest BCUT2D eigenvalue weighted by Gasteiger charge is 2.40. The van der Waals surface area contributed by atoms with Gasteiger partial charge in [0.15, 0.2) is 0 Å². The van der Waals surface area contributed by atoms with Crippen molar-refractivity contribution in [2.24, 2.45) is 0 Å². The van der Waals surface area contributed by atoms with Crippen molar-refractivity contribution in [1.82, 2.24) is 9.78 Å². The SMILES string of the molecule is COC(=O)c1nn(C(=O)OC(C)(C)C)c(C(=O)OC)c1[N+](=O)[O-]. The van der Waals surface area contributed by atoms with Crippen LogP contribution in [0.3, 0.4) is 0 Å². The van der Waals surface area contributed by atoms with Gasteiger partial charge in [-0.15, -0.1) is 9.78 Å². The van der Waals surface area contributed by atoms with Crippen LogP contribution in [0.2, 0.25) is 0 Å². The molecule has 0 atom stereocenters. The van der Waals surface area contributed by atoms with Crippen molar-refractivity contribution < 1.29 is 33.5 Å². The molecule has 0 saturated heterocycles. The number of carbonyl (C=O) groups is 3. The number of hydrogen-bond donors (Lipinski definition) is 0. The quantitative estimate of drug-likeness (QED) is 0.345. The minimum absolute atomic E-state index is 0.307. The molecule has 0 spiro atoms. The van der Waals surface area contributed by atoms with Crippen LogP contribution in [0.25, 0.3) is 0 Å². The topological polar surface area (TPSA) is 140 Å². The summed E-state index contributed by atoms with van der Waals surface area (Å²) in [4.78, 5) is 45.7. The zero-order chi connectivity index (χ0) is 17.9. The Labute approximate surface area is 130 Å². The molecule has 0 aromatic carbocycles. The number of rotatable bonds is 3. The average Bonchev–Trinajstić information content (AvgIpc) is 2.84. The predicted molar refractivity (Wildman–Crippen MR) is 73.2 cm³/mol. The molecule has 1 rings (SSSR count). The number of hydrogen-bond acceptors (Lipinski definition) is 9. The summed E-state index contributed by atoms with van der Waals surface area (Å²) in [7, 11) is 1.92. The number of ether oxygens (including phenoxy) is 3. The second-order valence-electron chi connectivity index (χ2n) is 5.18. The Balaban J connectivity index is 3.62. The third-order valence-electron chi connectivity index (χ3n) is 2.37. The highest BCUT2D eigenvalue weighted by molar-refractivity contribution is 6.02. The molecule has 126 valence electrons. The molecule has 0 unspecified atom stereocenters. The molecule has 0 aliphatic rings. The molecule has 1 heterocycles. The number of nitrogens with zero attached hydrogens (tertiary/aromatic N) is 3. The summed E-state index contributed by atoms with van der Waals surface area (Å²) in [5.74, 6) is -2.42. The molecule has 0 aliphatic carbocycles. The third-order valence-corrected chi connectivity index (χ3v) is 2.37. The van der Waals surface area contributed by atoms with Gasteiger partial charge >= 0.3 is 23.7 Å². The smallest absolute Gasteiger partial charge is 0.436 e. The van der Waals surface area contributed by atoms with Crippen molar-refractivity contribution in [3.05, 3.63) is 21.5 Å². The highest BCUT2D eigenvalue weighted by Crippen LogP contribution is 2.26. The van der Waals surface area contributed by atoms with Crippen LogP contribution in [0.1, 0.15) is 41.7 Å². The van der Waals surface area contributed by atoms with E-state index in [2.05, 4.69) is 14.6 Å². The van der Waals surface area contributed by atoms with E-state index in [1.165, 1.54) is 0 Å². The van der Waals surface area contributed by atoms with Gasteiger partial charge in [0.2, 0.25) is 11.4 Å². The molecular weight excluding hydrogens is 314 g/mol. The van der Waals surface area contributed by atoms with E-state index >= 15 is 0 Å². The lowest BCUT2D eigenvalue weighted by atomic mass is 10.2. The zero-order valence-corrected chi connectivity index (χ0v) is 13.1. The summed E-state index contributed by atoms with van der Waals surface area (Å²) < 4.78 is 14.1. The van der Waals surface area contributed by atoms with E-state index in [-0.39, 0.29) is 0 Å². The van der Waals surface area contributed by atoms with Crippen LogP contribution in [0.15, 0.2) is 0 Å². The minimum atomic E-state index is -1.23. The van der Waals surface area contributed by atoms with Crippen LogP contribution in [0.5, 0.6) is 0 Å². The van der Waals surface area contributed by atoms with Gasteiger partial charge in [-0.25, -0.2) is 14.4 Å². The average molecular weight is 329 g/mol. The lowest BCUT2D eigenvalue weighted by molar-refractivity contribution is -0.385. The maximum absolute atomic E-state index is 12.1. The molecular formula is C12H15N3O8. The first kappa shape index (κ1) is 18.1. The first-order valence-corrected chi connectivity index (χ1v) is 6.20. The second kappa shape index (κ2) is 6.42. The van der Waals surface area contributed by atoms with Crippen LogP contribution in [-0.4, -0.2) is 52.6 Å². The van der Waals surface area contributed by atoms with Crippen LogP contribution in [-0.2, 0) is 14.2 Å². The van der Waals surface area contributed by atoms with Gasteiger partial charge in [-0.05, 0) is 20.8 Å². The number of methoxy groups -OCH3 is 2. The summed E-state index contributed by atoms with van der Waals surface area (Å²) in [5.41, 5.74) is -3.62. The van der Waals surface area contributed by atoms with Crippen molar-refractivity contribution in [1.29, 1.82) is 0 Å². The van der Waals surface area contributed by atoms with Gasteiger partial charge in [0.1, 0.15) is 5.60 Å². The van der Waals surface area contributed by atoms with E-state index in [1.807, 2.05) is 0 Å². The molecule has 11 heteroatoms. The zero-order valence-electron chi connectivity index (χ0n) is 13.1. The van der Waals surface area contributed by atoms with E-state index in [9.17, 15) is 24.5 Å². The fourth-order valence-electron chi connectivity index (χ4n) is 1.53. The molecule has 11 nitrogen and oxygen atoms in total. The maximum Gasteiger partial charge on any atom is 0.436 e. The van der Waals surface area contributed by atoms with E-state index in [0.29, 0.717) is 4.68 Å². The Bertz CT molecular complexity index is 671. The Morgan fingerprint density at radius 3 is 2.04 bits per heavy atom. The van der Waals surface area contributed by atoms with E-state index in [4.69, 9.17) is 4.74 Å². The Morgan fingerprint density at radius 2 is 1.65 bits per heavy atom. The lowest BCUT2D eigenvalue weighted by Crippen LogP contribution is -2.30. The van der Waals surface area contributed by atoms with Crippen molar-refractivity contribution in [2.45, 2.75) is 26.4 Å². The number of aromatic nitrogens is 2. The molecule has 0 saturated carbocycles. The van der Waals surface area contributed by atoms with E-state index < -0.39 is 45.6 Å². The van der Waals surface area contributed by atoms with E-state index in [1.54, 1.807) is 20.8 Å². The molecule has 0 radical (unpaired) electrons. The normalized spacial score (nSPS) is 10.8. The fourth-order valence-corrected chi connectivity index (χ4v) is 1.53. The fraction of sp³-hybridized carbons (Fsp3) is 0.500. The molecule has 0 fully saturated rings. The van der Waals surface area contributed by atoms with Crippen LogP contribution >= 0.6 is 0 Å². The summed E-state index contributed by atoms with van der Waals surface area (Å²) in [6.45, 7) is 4.63. The standard InChI is InChI=1S/C12H15N3O8/c1-12(2,3)23-11(18)14-8(10(17)22-5)7(15(19)20)6(13-14)9(16)21-4/h1-5H3. The molecule has 0 bridgehead atoms. The number of nitro groups is 1. The summed E-state index contributed by atoms with van der Waals surface area (Å²) >= 11 is 0. The van der Waals surface area contributed by atoms with Gasteiger partial charge in [0, 0.05) is 0 Å². The summed E-state index contributed by atoms with van der Waals surface area (Å²) in [6.07, 6.45) is -1.18. The summed E-state index contributed by atoms with van der Waals surface area (Å²) in [6, 6.07) is 0. The van der Waals surface area contributed by atoms with Crippen LogP contribution in [0.4, 0.5) is 10.5 Å². The molecule has 0 aliphatic heterocycles. The maximum atomic E-state index is 12.1. The number of carbonyl (C=O) groups excluding carboxylic acids is 3. The Hall–Kier alpha value is -2.98. The molecule has 1 aromatic heterocycles. The van der Waals surface area contributed by atoms with Gasteiger partial charge in [-0.1, -0.05) is 0 Å². The third kappa shape index (κ3) is 3.81.